The number of hydrazine groups is 1. The first-order valence-electron chi connectivity index (χ1n) is 5.52. The zero-order chi connectivity index (χ0) is 12.1. The van der Waals surface area contributed by atoms with Crippen LogP contribution in [-0.2, 0) is 6.42 Å². The third-order valence-electron chi connectivity index (χ3n) is 2.78. The molecule has 17 heavy (non-hydrogen) atoms. The normalized spacial score (nSPS) is 12.6. The molecule has 1 heterocycles. The van der Waals surface area contributed by atoms with E-state index in [9.17, 15) is 0 Å². The van der Waals surface area contributed by atoms with Crippen molar-refractivity contribution in [2.24, 2.45) is 5.84 Å². The number of hydrogen-bond acceptors (Lipinski definition) is 3. The summed E-state index contributed by atoms with van der Waals surface area (Å²) in [6, 6.07) is 10.9. The van der Waals surface area contributed by atoms with E-state index in [0.717, 1.165) is 12.8 Å². The molecular weight excluding hydrogens is 343 g/mol. The fourth-order valence-electron chi connectivity index (χ4n) is 1.79. The zero-order valence-corrected chi connectivity index (χ0v) is 12.4. The number of aryl methyl sites for hydroxylation is 1. The Kier molecular flexibility index (Phi) is 4.97. The molecular formula is C13H15IN2S. The van der Waals surface area contributed by atoms with E-state index in [1.165, 1.54) is 14.7 Å². The molecule has 1 aromatic carbocycles. The summed E-state index contributed by atoms with van der Waals surface area (Å²) in [6.45, 7) is 0. The van der Waals surface area contributed by atoms with Crippen molar-refractivity contribution in [1.82, 2.24) is 5.43 Å². The molecule has 1 atom stereocenters. The first-order valence-corrected chi connectivity index (χ1v) is 7.54. The average Bonchev–Trinajstić information content (AvgIpc) is 2.85. The Labute approximate surface area is 119 Å². The van der Waals surface area contributed by atoms with E-state index in [0.29, 0.717) is 0 Å². The minimum absolute atomic E-state index is 0.229. The molecule has 1 unspecified atom stereocenters. The van der Waals surface area contributed by atoms with Gasteiger partial charge in [0.1, 0.15) is 0 Å². The zero-order valence-electron chi connectivity index (χ0n) is 9.40. The second-order valence-corrected chi connectivity index (χ2v) is 5.97. The first-order chi connectivity index (χ1) is 8.29. The highest BCUT2D eigenvalue weighted by Gasteiger charge is 2.09. The molecule has 0 aliphatic carbocycles. The second-order valence-electron chi connectivity index (χ2n) is 3.94. The van der Waals surface area contributed by atoms with Crippen LogP contribution in [0.5, 0.6) is 0 Å². The SMILES string of the molecule is NNC(CCc1ccsc1)c1ccc(I)cc1. The molecule has 0 bridgehead atoms. The predicted octanol–water partition coefficient (Wildman–Crippen LogP) is 3.49. The van der Waals surface area contributed by atoms with Gasteiger partial charge in [-0.2, -0.15) is 11.3 Å². The van der Waals surface area contributed by atoms with Crippen molar-refractivity contribution < 1.29 is 0 Å². The molecule has 1 aromatic heterocycles. The van der Waals surface area contributed by atoms with Crippen molar-refractivity contribution >= 4 is 33.9 Å². The van der Waals surface area contributed by atoms with Crippen LogP contribution in [0.15, 0.2) is 41.1 Å². The third kappa shape index (κ3) is 3.77. The Morgan fingerprint density at radius 1 is 1.24 bits per heavy atom. The molecule has 4 heteroatoms. The van der Waals surface area contributed by atoms with Gasteiger partial charge in [0.2, 0.25) is 0 Å². The van der Waals surface area contributed by atoms with E-state index >= 15 is 0 Å². The predicted molar refractivity (Wildman–Crippen MR) is 81.9 cm³/mol. The summed E-state index contributed by atoms with van der Waals surface area (Å²) in [5.41, 5.74) is 5.54. The Balaban J connectivity index is 1.99. The second kappa shape index (κ2) is 6.49. The van der Waals surface area contributed by atoms with Crippen LogP contribution < -0.4 is 11.3 Å². The molecule has 3 N–H and O–H groups in total. The molecule has 0 spiro atoms. The lowest BCUT2D eigenvalue weighted by Gasteiger charge is -2.16. The van der Waals surface area contributed by atoms with E-state index in [-0.39, 0.29) is 6.04 Å². The average molecular weight is 358 g/mol. The number of nitrogens with one attached hydrogen (secondary N) is 1. The molecule has 0 aliphatic heterocycles. The van der Waals surface area contributed by atoms with Crippen LogP contribution in [0.4, 0.5) is 0 Å². The van der Waals surface area contributed by atoms with Crippen molar-refractivity contribution in [3.63, 3.8) is 0 Å². The van der Waals surface area contributed by atoms with E-state index in [1.54, 1.807) is 11.3 Å². The largest absolute Gasteiger partial charge is 0.271 e. The lowest BCUT2D eigenvalue weighted by molar-refractivity contribution is 0.516. The van der Waals surface area contributed by atoms with Gasteiger partial charge >= 0.3 is 0 Å². The van der Waals surface area contributed by atoms with Crippen LogP contribution >= 0.6 is 33.9 Å². The molecule has 0 amide bonds. The lowest BCUT2D eigenvalue weighted by atomic mass is 10.0. The molecule has 0 saturated heterocycles. The molecule has 2 nitrogen and oxygen atoms in total. The minimum atomic E-state index is 0.229. The first kappa shape index (κ1) is 13.0. The maximum atomic E-state index is 5.63. The van der Waals surface area contributed by atoms with Gasteiger partial charge in [-0.15, -0.1) is 0 Å². The molecule has 0 saturated carbocycles. The Hall–Kier alpha value is -0.430. The monoisotopic (exact) mass is 358 g/mol. The maximum absolute atomic E-state index is 5.63. The highest BCUT2D eigenvalue weighted by atomic mass is 127. The van der Waals surface area contributed by atoms with Gasteiger partial charge < -0.3 is 0 Å². The highest BCUT2D eigenvalue weighted by Crippen LogP contribution is 2.20. The van der Waals surface area contributed by atoms with Crippen molar-refractivity contribution in [3.8, 4) is 0 Å². The fraction of sp³-hybridized carbons (Fsp3) is 0.231. The van der Waals surface area contributed by atoms with Gasteiger partial charge in [0.25, 0.3) is 0 Å². The quantitative estimate of drug-likeness (QED) is 0.488. The summed E-state index contributed by atoms with van der Waals surface area (Å²) in [5, 5.41) is 4.31. The highest BCUT2D eigenvalue weighted by molar-refractivity contribution is 14.1. The molecule has 90 valence electrons. The maximum Gasteiger partial charge on any atom is 0.0463 e. The van der Waals surface area contributed by atoms with E-state index < -0.39 is 0 Å². The standard InChI is InChI=1S/C13H15IN2S/c14-12-4-2-11(3-5-12)13(16-15)6-1-10-7-8-17-9-10/h2-5,7-9,13,16H,1,6,15H2. The molecule has 0 fully saturated rings. The van der Waals surface area contributed by atoms with Crippen LogP contribution in [0, 0.1) is 3.57 Å². The van der Waals surface area contributed by atoms with E-state index in [1.807, 2.05) is 0 Å². The Morgan fingerprint density at radius 2 is 2.00 bits per heavy atom. The summed E-state index contributed by atoms with van der Waals surface area (Å²) in [5.74, 6) is 5.63. The number of thiophene rings is 1. The number of hydrogen-bond donors (Lipinski definition) is 2. The summed E-state index contributed by atoms with van der Waals surface area (Å²) >= 11 is 4.06. The van der Waals surface area contributed by atoms with Gasteiger partial charge in [0.05, 0.1) is 0 Å². The van der Waals surface area contributed by atoms with Crippen LogP contribution in [0.2, 0.25) is 0 Å². The summed E-state index contributed by atoms with van der Waals surface area (Å²) in [4.78, 5) is 0. The van der Waals surface area contributed by atoms with Gasteiger partial charge in [-0.25, -0.2) is 0 Å². The molecule has 2 rings (SSSR count). The number of halogens is 1. The minimum Gasteiger partial charge on any atom is -0.271 e. The van der Waals surface area contributed by atoms with Crippen LogP contribution in [0.25, 0.3) is 0 Å². The number of nitrogens with two attached hydrogens (primary N) is 1. The fourth-order valence-corrected chi connectivity index (χ4v) is 2.85. The summed E-state index contributed by atoms with van der Waals surface area (Å²) < 4.78 is 1.25. The topological polar surface area (TPSA) is 38.0 Å². The van der Waals surface area contributed by atoms with Gasteiger partial charge in [-0.1, -0.05) is 12.1 Å². The van der Waals surface area contributed by atoms with Crippen LogP contribution in [0.1, 0.15) is 23.6 Å². The number of rotatable bonds is 5. The molecule has 0 aliphatic rings. The molecule has 2 aromatic rings. The number of benzene rings is 1. The smallest absolute Gasteiger partial charge is 0.0463 e. The summed E-state index contributed by atoms with van der Waals surface area (Å²) in [6.07, 6.45) is 2.08. The Bertz CT molecular complexity index is 439. The van der Waals surface area contributed by atoms with Crippen molar-refractivity contribution in [2.75, 3.05) is 0 Å². The Morgan fingerprint density at radius 3 is 2.59 bits per heavy atom. The van der Waals surface area contributed by atoms with Gasteiger partial charge in [0, 0.05) is 9.61 Å². The summed E-state index contributed by atoms with van der Waals surface area (Å²) in [7, 11) is 0. The van der Waals surface area contributed by atoms with Crippen molar-refractivity contribution in [2.45, 2.75) is 18.9 Å². The van der Waals surface area contributed by atoms with Crippen LogP contribution in [0.3, 0.4) is 0 Å². The van der Waals surface area contributed by atoms with Gasteiger partial charge in [-0.3, -0.25) is 11.3 Å². The van der Waals surface area contributed by atoms with Crippen LogP contribution in [-0.4, -0.2) is 0 Å². The third-order valence-corrected chi connectivity index (χ3v) is 4.23. The van der Waals surface area contributed by atoms with Gasteiger partial charge in [0.15, 0.2) is 0 Å². The lowest BCUT2D eigenvalue weighted by Crippen LogP contribution is -2.28. The van der Waals surface area contributed by atoms with Crippen molar-refractivity contribution in [1.29, 1.82) is 0 Å². The van der Waals surface area contributed by atoms with Crippen molar-refractivity contribution in [3.05, 3.63) is 55.8 Å². The van der Waals surface area contributed by atoms with E-state index in [2.05, 4.69) is 69.1 Å². The molecule has 0 radical (unpaired) electrons. The van der Waals surface area contributed by atoms with E-state index in [4.69, 9.17) is 5.84 Å². The van der Waals surface area contributed by atoms with Gasteiger partial charge in [-0.05, 0) is 75.5 Å².